The zero-order chi connectivity index (χ0) is 16.2. The summed E-state index contributed by atoms with van der Waals surface area (Å²) >= 11 is 0. The van der Waals surface area contributed by atoms with Gasteiger partial charge in [0.25, 0.3) is 0 Å². The molecule has 0 saturated carbocycles. The molecule has 114 valence electrons. The van der Waals surface area contributed by atoms with Crippen LogP contribution in [0.25, 0.3) is 22.5 Å². The van der Waals surface area contributed by atoms with Crippen LogP contribution < -0.4 is 5.73 Å². The van der Waals surface area contributed by atoms with Crippen LogP contribution in [0.2, 0.25) is 0 Å². The molecule has 0 radical (unpaired) electrons. The Morgan fingerprint density at radius 3 is 2.52 bits per heavy atom. The first-order chi connectivity index (χ1) is 11.2. The van der Waals surface area contributed by atoms with Crippen LogP contribution in [0, 0.1) is 5.82 Å². The van der Waals surface area contributed by atoms with Crippen molar-refractivity contribution in [3.8, 4) is 22.5 Å². The Labute approximate surface area is 133 Å². The van der Waals surface area contributed by atoms with E-state index in [-0.39, 0.29) is 11.6 Å². The highest BCUT2D eigenvalue weighted by Gasteiger charge is 2.15. The fourth-order valence-electron chi connectivity index (χ4n) is 2.39. The van der Waals surface area contributed by atoms with E-state index in [0.717, 1.165) is 0 Å². The molecule has 23 heavy (non-hydrogen) atoms. The van der Waals surface area contributed by atoms with Gasteiger partial charge in [-0.3, -0.25) is 9.98 Å². The van der Waals surface area contributed by atoms with Crippen molar-refractivity contribution in [2.45, 2.75) is 0 Å². The number of nitrogens with two attached hydrogens (primary N) is 1. The molecule has 5 heteroatoms. The van der Waals surface area contributed by atoms with Crippen molar-refractivity contribution < 1.29 is 4.39 Å². The van der Waals surface area contributed by atoms with E-state index in [1.54, 1.807) is 43.7 Å². The molecular formula is C18H15FN4. The second-order valence-electron chi connectivity index (χ2n) is 4.94. The number of anilines is 1. The van der Waals surface area contributed by atoms with Gasteiger partial charge in [-0.05, 0) is 29.8 Å². The smallest absolute Gasteiger partial charge is 0.133 e. The Morgan fingerprint density at radius 2 is 1.83 bits per heavy atom. The predicted octanol–water partition coefficient (Wildman–Crippen LogP) is 3.58. The summed E-state index contributed by atoms with van der Waals surface area (Å²) in [5, 5.41) is 0. The van der Waals surface area contributed by atoms with Gasteiger partial charge in [-0.25, -0.2) is 9.37 Å². The number of benzene rings is 1. The summed E-state index contributed by atoms with van der Waals surface area (Å²) in [6.07, 6.45) is 3.27. The van der Waals surface area contributed by atoms with Crippen molar-refractivity contribution in [2.75, 3.05) is 12.8 Å². The van der Waals surface area contributed by atoms with Crippen LogP contribution in [-0.2, 0) is 0 Å². The van der Waals surface area contributed by atoms with Crippen LogP contribution in [-0.4, -0.2) is 23.2 Å². The van der Waals surface area contributed by atoms with E-state index in [9.17, 15) is 4.39 Å². The standard InChI is InChI=1S/C18H15FN4/c1-21-11-14-13(12-6-2-3-7-15(12)19)10-17(23-18(14)20)16-8-4-5-9-22-16/h2-11H,1H3,(H2,20,23). The molecule has 2 N–H and O–H groups in total. The largest absolute Gasteiger partial charge is 0.383 e. The number of aliphatic imine (C=N–C) groups is 1. The van der Waals surface area contributed by atoms with Crippen LogP contribution in [0.3, 0.4) is 0 Å². The molecule has 0 unspecified atom stereocenters. The van der Waals surface area contributed by atoms with Crippen molar-refractivity contribution in [2.24, 2.45) is 4.99 Å². The number of hydrogen-bond acceptors (Lipinski definition) is 4. The number of pyridine rings is 2. The molecule has 0 aliphatic rings. The second-order valence-corrected chi connectivity index (χ2v) is 4.94. The van der Waals surface area contributed by atoms with Gasteiger partial charge < -0.3 is 5.73 Å². The van der Waals surface area contributed by atoms with E-state index in [2.05, 4.69) is 15.0 Å². The molecule has 0 fully saturated rings. The Bertz CT molecular complexity index is 860. The maximum atomic E-state index is 14.2. The first kappa shape index (κ1) is 14.8. The molecule has 0 aliphatic heterocycles. The molecule has 3 rings (SSSR count). The van der Waals surface area contributed by atoms with Gasteiger partial charge >= 0.3 is 0 Å². The van der Waals surface area contributed by atoms with Gasteiger partial charge in [0.05, 0.1) is 11.4 Å². The van der Waals surface area contributed by atoms with Gasteiger partial charge in [0.2, 0.25) is 0 Å². The molecule has 4 nitrogen and oxygen atoms in total. The van der Waals surface area contributed by atoms with Crippen molar-refractivity contribution in [3.63, 3.8) is 0 Å². The minimum atomic E-state index is -0.323. The van der Waals surface area contributed by atoms with Crippen molar-refractivity contribution >= 4 is 12.0 Å². The Hall–Kier alpha value is -3.08. The van der Waals surface area contributed by atoms with Gasteiger partial charge in [0.1, 0.15) is 11.6 Å². The highest BCUT2D eigenvalue weighted by Crippen LogP contribution is 2.31. The van der Waals surface area contributed by atoms with Crippen LogP contribution in [0.4, 0.5) is 10.2 Å². The topological polar surface area (TPSA) is 64.2 Å². The lowest BCUT2D eigenvalue weighted by molar-refractivity contribution is 0.631. The van der Waals surface area contributed by atoms with Crippen LogP contribution in [0.1, 0.15) is 5.56 Å². The number of aromatic nitrogens is 2. The summed E-state index contributed by atoms with van der Waals surface area (Å²) in [6, 6.07) is 13.9. The molecule has 0 amide bonds. The molecule has 0 spiro atoms. The van der Waals surface area contributed by atoms with Gasteiger partial charge in [-0.1, -0.05) is 24.3 Å². The van der Waals surface area contributed by atoms with Gasteiger partial charge in [0, 0.05) is 30.6 Å². The summed E-state index contributed by atoms with van der Waals surface area (Å²) in [5.41, 5.74) is 9.04. The zero-order valence-corrected chi connectivity index (χ0v) is 12.6. The lowest BCUT2D eigenvalue weighted by Crippen LogP contribution is -2.03. The number of nitrogens with zero attached hydrogens (tertiary/aromatic N) is 3. The molecule has 0 bridgehead atoms. The summed E-state index contributed by atoms with van der Waals surface area (Å²) in [5.74, 6) is -0.0344. The third-order valence-electron chi connectivity index (χ3n) is 3.44. The van der Waals surface area contributed by atoms with Crippen molar-refractivity contribution in [1.82, 2.24) is 9.97 Å². The predicted molar refractivity (Wildman–Crippen MR) is 90.8 cm³/mol. The third-order valence-corrected chi connectivity index (χ3v) is 3.44. The third kappa shape index (κ3) is 2.94. The van der Waals surface area contributed by atoms with E-state index in [1.165, 1.54) is 6.07 Å². The fourth-order valence-corrected chi connectivity index (χ4v) is 2.39. The summed E-state index contributed by atoms with van der Waals surface area (Å²) in [7, 11) is 1.64. The average Bonchev–Trinajstić information content (AvgIpc) is 2.58. The Morgan fingerprint density at radius 1 is 1.04 bits per heavy atom. The van der Waals surface area contributed by atoms with E-state index >= 15 is 0 Å². The fraction of sp³-hybridized carbons (Fsp3) is 0.0556. The highest BCUT2D eigenvalue weighted by atomic mass is 19.1. The normalized spacial score (nSPS) is 11.0. The molecule has 0 saturated heterocycles. The van der Waals surface area contributed by atoms with E-state index in [1.807, 2.05) is 18.2 Å². The lowest BCUT2D eigenvalue weighted by Gasteiger charge is -2.12. The first-order valence-electron chi connectivity index (χ1n) is 7.09. The quantitative estimate of drug-likeness (QED) is 0.752. The van der Waals surface area contributed by atoms with Gasteiger partial charge in [-0.15, -0.1) is 0 Å². The summed E-state index contributed by atoms with van der Waals surface area (Å²) in [4.78, 5) is 12.7. The molecular weight excluding hydrogens is 291 g/mol. The zero-order valence-electron chi connectivity index (χ0n) is 12.6. The molecule has 0 aliphatic carbocycles. The van der Waals surface area contributed by atoms with Crippen LogP contribution >= 0.6 is 0 Å². The average molecular weight is 306 g/mol. The van der Waals surface area contributed by atoms with E-state index in [4.69, 9.17) is 5.73 Å². The number of nitrogen functional groups attached to an aromatic ring is 1. The minimum Gasteiger partial charge on any atom is -0.383 e. The molecule has 1 aromatic carbocycles. The minimum absolute atomic E-state index is 0.289. The molecule has 0 atom stereocenters. The van der Waals surface area contributed by atoms with Crippen LogP contribution in [0.5, 0.6) is 0 Å². The Kier molecular flexibility index (Phi) is 4.10. The van der Waals surface area contributed by atoms with Crippen molar-refractivity contribution in [1.29, 1.82) is 0 Å². The molecule has 2 aromatic heterocycles. The molecule has 2 heterocycles. The summed E-state index contributed by atoms with van der Waals surface area (Å²) < 4.78 is 14.2. The van der Waals surface area contributed by atoms with E-state index < -0.39 is 0 Å². The highest BCUT2D eigenvalue weighted by molar-refractivity contribution is 5.96. The maximum Gasteiger partial charge on any atom is 0.133 e. The maximum absolute atomic E-state index is 14.2. The van der Waals surface area contributed by atoms with E-state index in [0.29, 0.717) is 28.1 Å². The van der Waals surface area contributed by atoms with Crippen molar-refractivity contribution in [3.05, 3.63) is 66.1 Å². The first-order valence-corrected chi connectivity index (χ1v) is 7.09. The Balaban J connectivity index is 2.27. The molecule has 3 aromatic rings. The monoisotopic (exact) mass is 306 g/mol. The lowest BCUT2D eigenvalue weighted by atomic mass is 9.99. The number of halogens is 1. The second kappa shape index (κ2) is 6.36. The number of rotatable bonds is 3. The summed E-state index contributed by atoms with van der Waals surface area (Å²) in [6.45, 7) is 0. The van der Waals surface area contributed by atoms with Crippen LogP contribution in [0.15, 0.2) is 59.7 Å². The van der Waals surface area contributed by atoms with Gasteiger partial charge in [0.15, 0.2) is 0 Å². The van der Waals surface area contributed by atoms with Gasteiger partial charge in [-0.2, -0.15) is 0 Å². The number of hydrogen-bond donors (Lipinski definition) is 1. The SMILES string of the molecule is CN=Cc1c(-c2ccccc2F)cc(-c2ccccn2)nc1N.